The van der Waals surface area contributed by atoms with Crippen molar-refractivity contribution in [2.75, 3.05) is 13.2 Å². The molecule has 0 aromatic rings. The summed E-state index contributed by atoms with van der Waals surface area (Å²) in [7, 11) is 0. The molecule has 4 rings (SSSR count). The molecular formula is C16H21NO6. The van der Waals surface area contributed by atoms with Crippen LogP contribution in [0, 0.1) is 17.8 Å². The Morgan fingerprint density at radius 3 is 2.91 bits per heavy atom. The predicted molar refractivity (Wildman–Crippen MR) is 78.2 cm³/mol. The smallest absolute Gasteiger partial charge is 0.407 e. The maximum Gasteiger partial charge on any atom is 0.407 e. The van der Waals surface area contributed by atoms with E-state index in [0.717, 1.165) is 19.3 Å². The predicted octanol–water partition coefficient (Wildman–Crippen LogP) is 1.17. The van der Waals surface area contributed by atoms with Crippen LogP contribution < -0.4 is 5.32 Å². The second-order valence-electron chi connectivity index (χ2n) is 6.46. The van der Waals surface area contributed by atoms with Gasteiger partial charge in [-0.25, -0.2) is 9.59 Å². The van der Waals surface area contributed by atoms with Crippen molar-refractivity contribution in [2.45, 2.75) is 38.4 Å². The summed E-state index contributed by atoms with van der Waals surface area (Å²) in [5, 5.41) is 2.54. The first-order valence-electron chi connectivity index (χ1n) is 7.95. The van der Waals surface area contributed by atoms with Crippen molar-refractivity contribution in [3.63, 3.8) is 0 Å². The van der Waals surface area contributed by atoms with Gasteiger partial charge in [-0.3, -0.25) is 4.79 Å². The molecule has 0 radical (unpaired) electrons. The molecule has 0 aromatic heterocycles. The van der Waals surface area contributed by atoms with Crippen LogP contribution >= 0.6 is 0 Å². The van der Waals surface area contributed by atoms with Crippen LogP contribution in [0.2, 0.25) is 0 Å². The number of esters is 2. The van der Waals surface area contributed by atoms with Crippen molar-refractivity contribution in [1.29, 1.82) is 0 Å². The number of hydrogen-bond donors (Lipinski definition) is 1. The minimum Gasteiger partial charge on any atom is -0.460 e. The summed E-state index contributed by atoms with van der Waals surface area (Å²) >= 11 is 0. The number of nitrogens with one attached hydrogen (secondary N) is 1. The Labute approximate surface area is 134 Å². The largest absolute Gasteiger partial charge is 0.460 e. The Bertz CT molecular complexity index is 545. The molecule has 1 amide bonds. The Morgan fingerprint density at radius 2 is 2.17 bits per heavy atom. The van der Waals surface area contributed by atoms with E-state index in [1.54, 1.807) is 6.92 Å². The number of amides is 1. The zero-order valence-electron chi connectivity index (χ0n) is 13.1. The topological polar surface area (TPSA) is 90.9 Å². The number of ether oxygens (including phenoxy) is 3. The molecule has 5 unspecified atom stereocenters. The fourth-order valence-corrected chi connectivity index (χ4v) is 3.83. The normalized spacial score (nSPS) is 33.8. The van der Waals surface area contributed by atoms with Gasteiger partial charge in [0.15, 0.2) is 0 Å². The standard InChI is InChI=1S/C16H21NO6/c1-8(2)14(18)21-6-5-17-16(20)23-12-9-3-4-10-11(7-9)15(19)22-13(10)12/h9-13H,1,3-7H2,2H3,(H,17,20). The number of alkyl carbamates (subject to hydrolysis) is 1. The van der Waals surface area contributed by atoms with E-state index in [-0.39, 0.29) is 49.1 Å². The highest BCUT2D eigenvalue weighted by Gasteiger charge is 2.59. The van der Waals surface area contributed by atoms with Crippen molar-refractivity contribution >= 4 is 18.0 Å². The fourth-order valence-electron chi connectivity index (χ4n) is 3.83. The lowest BCUT2D eigenvalue weighted by Crippen LogP contribution is -2.51. The Morgan fingerprint density at radius 1 is 1.39 bits per heavy atom. The number of hydrogen-bond acceptors (Lipinski definition) is 6. The van der Waals surface area contributed by atoms with Gasteiger partial charge < -0.3 is 19.5 Å². The third-order valence-electron chi connectivity index (χ3n) is 4.91. The molecule has 1 heterocycles. The summed E-state index contributed by atoms with van der Waals surface area (Å²) < 4.78 is 15.7. The molecule has 4 fully saturated rings. The molecule has 1 aliphatic heterocycles. The van der Waals surface area contributed by atoms with E-state index in [1.807, 2.05) is 0 Å². The monoisotopic (exact) mass is 323 g/mol. The highest BCUT2D eigenvalue weighted by atomic mass is 16.6. The van der Waals surface area contributed by atoms with Gasteiger partial charge in [-0.15, -0.1) is 0 Å². The minimum atomic E-state index is -0.576. The second kappa shape index (κ2) is 6.22. The molecule has 126 valence electrons. The van der Waals surface area contributed by atoms with Crippen LogP contribution in [0.3, 0.4) is 0 Å². The molecule has 3 saturated carbocycles. The minimum absolute atomic E-state index is 0.0109. The third kappa shape index (κ3) is 3.04. The van der Waals surface area contributed by atoms with E-state index in [4.69, 9.17) is 14.2 Å². The van der Waals surface area contributed by atoms with Crippen LogP contribution in [0.5, 0.6) is 0 Å². The van der Waals surface area contributed by atoms with E-state index < -0.39 is 12.1 Å². The second-order valence-corrected chi connectivity index (χ2v) is 6.46. The van der Waals surface area contributed by atoms with Crippen LogP contribution in [-0.2, 0) is 23.8 Å². The van der Waals surface area contributed by atoms with Gasteiger partial charge >= 0.3 is 18.0 Å². The molecule has 7 heteroatoms. The molecule has 1 N–H and O–H groups in total. The van der Waals surface area contributed by atoms with E-state index in [2.05, 4.69) is 11.9 Å². The molecule has 0 spiro atoms. The zero-order chi connectivity index (χ0) is 16.6. The van der Waals surface area contributed by atoms with E-state index in [1.165, 1.54) is 0 Å². The van der Waals surface area contributed by atoms with Crippen molar-refractivity contribution in [3.8, 4) is 0 Å². The maximum absolute atomic E-state index is 11.9. The quantitative estimate of drug-likeness (QED) is 0.353. The first kappa shape index (κ1) is 15.8. The molecular weight excluding hydrogens is 302 g/mol. The lowest BCUT2D eigenvalue weighted by Gasteiger charge is -2.43. The number of fused-ring (bicyclic) bond motifs is 1. The molecule has 3 aliphatic carbocycles. The van der Waals surface area contributed by atoms with E-state index >= 15 is 0 Å². The summed E-state index contributed by atoms with van der Waals surface area (Å²) in [5.41, 5.74) is 0.309. The van der Waals surface area contributed by atoms with Gasteiger partial charge in [0.05, 0.1) is 12.5 Å². The van der Waals surface area contributed by atoms with Crippen LogP contribution in [0.1, 0.15) is 26.2 Å². The summed E-state index contributed by atoms with van der Waals surface area (Å²) in [6.45, 7) is 5.23. The fraction of sp³-hybridized carbons (Fsp3) is 0.688. The SMILES string of the molecule is C=C(C)C(=O)OCCNC(=O)OC1C2CCC3C(C2)C(=O)OC31. The van der Waals surface area contributed by atoms with Gasteiger partial charge in [0.25, 0.3) is 0 Å². The number of carbonyl (C=O) groups is 3. The highest BCUT2D eigenvalue weighted by Crippen LogP contribution is 2.52. The Kier molecular flexibility index (Phi) is 4.28. The summed E-state index contributed by atoms with van der Waals surface area (Å²) in [6, 6.07) is 0. The summed E-state index contributed by atoms with van der Waals surface area (Å²) in [6.07, 6.45) is 1.43. The Hall–Kier alpha value is -2.05. The number of rotatable bonds is 5. The van der Waals surface area contributed by atoms with Crippen LogP contribution in [-0.4, -0.2) is 43.4 Å². The van der Waals surface area contributed by atoms with Gasteiger partial charge in [-0.05, 0) is 26.2 Å². The van der Waals surface area contributed by atoms with Gasteiger partial charge in [0.1, 0.15) is 18.8 Å². The molecule has 5 atom stereocenters. The summed E-state index contributed by atoms with van der Waals surface area (Å²) in [4.78, 5) is 34.9. The van der Waals surface area contributed by atoms with Gasteiger partial charge in [0.2, 0.25) is 0 Å². The van der Waals surface area contributed by atoms with Gasteiger partial charge in [-0.2, -0.15) is 0 Å². The first-order chi connectivity index (χ1) is 11.0. The number of carbonyl (C=O) groups excluding carboxylic acids is 3. The average Bonchev–Trinajstić information content (AvgIpc) is 2.80. The molecule has 4 aliphatic rings. The molecule has 0 aromatic carbocycles. The van der Waals surface area contributed by atoms with Gasteiger partial charge in [-0.1, -0.05) is 6.58 Å². The lowest BCUT2D eigenvalue weighted by atomic mass is 9.63. The van der Waals surface area contributed by atoms with E-state index in [0.29, 0.717) is 5.57 Å². The van der Waals surface area contributed by atoms with E-state index in [9.17, 15) is 14.4 Å². The van der Waals surface area contributed by atoms with Crippen molar-refractivity contribution in [3.05, 3.63) is 12.2 Å². The Balaban J connectivity index is 1.45. The summed E-state index contributed by atoms with van der Waals surface area (Å²) in [5.74, 6) is -0.282. The first-order valence-corrected chi connectivity index (χ1v) is 7.95. The lowest BCUT2D eigenvalue weighted by molar-refractivity contribution is -0.147. The molecule has 23 heavy (non-hydrogen) atoms. The zero-order valence-corrected chi connectivity index (χ0v) is 13.1. The van der Waals surface area contributed by atoms with Crippen LogP contribution in [0.4, 0.5) is 4.79 Å². The molecule has 1 saturated heterocycles. The van der Waals surface area contributed by atoms with Crippen LogP contribution in [0.25, 0.3) is 0 Å². The average molecular weight is 323 g/mol. The third-order valence-corrected chi connectivity index (χ3v) is 4.91. The maximum atomic E-state index is 11.9. The van der Waals surface area contributed by atoms with Crippen LogP contribution in [0.15, 0.2) is 12.2 Å². The van der Waals surface area contributed by atoms with Crippen molar-refractivity contribution in [1.82, 2.24) is 5.32 Å². The molecule has 7 nitrogen and oxygen atoms in total. The molecule has 4 bridgehead atoms. The highest BCUT2D eigenvalue weighted by molar-refractivity contribution is 5.86. The van der Waals surface area contributed by atoms with Crippen molar-refractivity contribution < 1.29 is 28.6 Å². The van der Waals surface area contributed by atoms with Gasteiger partial charge in [0, 0.05) is 17.4 Å². The van der Waals surface area contributed by atoms with Crippen molar-refractivity contribution in [2.24, 2.45) is 17.8 Å².